The molecule has 1 rings (SSSR count). The molecule has 0 aromatic rings. The molecule has 0 aliphatic carbocycles. The van der Waals surface area contributed by atoms with Crippen molar-refractivity contribution in [3.8, 4) is 0 Å². The van der Waals surface area contributed by atoms with Crippen LogP contribution in [0.3, 0.4) is 0 Å². The molecule has 2 heteroatoms. The van der Waals surface area contributed by atoms with E-state index in [1.807, 2.05) is 0 Å². The number of nitrogens with zero attached hydrogens (tertiary/aromatic N) is 1. The third-order valence-electron chi connectivity index (χ3n) is 3.52. The van der Waals surface area contributed by atoms with Crippen LogP contribution in [0.2, 0.25) is 24.2 Å². The van der Waals surface area contributed by atoms with Gasteiger partial charge in [0.15, 0.2) is 0 Å². The molecule has 1 saturated heterocycles. The van der Waals surface area contributed by atoms with Gasteiger partial charge < -0.3 is 4.90 Å². The van der Waals surface area contributed by atoms with Crippen LogP contribution < -0.4 is 0 Å². The van der Waals surface area contributed by atoms with Crippen molar-refractivity contribution < 1.29 is 0 Å². The lowest BCUT2D eigenvalue weighted by Crippen LogP contribution is -2.45. The van der Waals surface area contributed by atoms with Gasteiger partial charge in [0.05, 0.1) is 8.07 Å². The lowest BCUT2D eigenvalue weighted by molar-refractivity contribution is 0.353. The molecule has 1 fully saturated rings. The van der Waals surface area contributed by atoms with Crippen LogP contribution in [-0.4, -0.2) is 33.1 Å². The summed E-state index contributed by atoms with van der Waals surface area (Å²) in [6.45, 7) is 10.1. The van der Waals surface area contributed by atoms with Gasteiger partial charge in [0.2, 0.25) is 0 Å². The van der Waals surface area contributed by atoms with Gasteiger partial charge in [-0.15, -0.1) is 0 Å². The molecule has 1 aliphatic heterocycles. The Hall–Kier alpha value is 0.177. The number of hydrogen-bond acceptors (Lipinski definition) is 1. The molecule has 0 radical (unpaired) electrons. The minimum atomic E-state index is -0.797. The van der Waals surface area contributed by atoms with Gasteiger partial charge >= 0.3 is 0 Å². The molecule has 1 heterocycles. The van der Waals surface area contributed by atoms with Crippen molar-refractivity contribution in [1.82, 2.24) is 4.90 Å². The quantitative estimate of drug-likeness (QED) is 0.548. The fraction of sp³-hybridized carbons (Fsp3) is 1.00. The van der Waals surface area contributed by atoms with Crippen molar-refractivity contribution >= 4 is 8.07 Å². The van der Waals surface area contributed by atoms with Gasteiger partial charge in [-0.25, -0.2) is 0 Å². The SMILES string of the molecule is CC(C)[Si]1(C)CCN(C)CC1. The summed E-state index contributed by atoms with van der Waals surface area (Å²) < 4.78 is 0. The maximum Gasteiger partial charge on any atom is 0.0555 e. The first kappa shape index (κ1) is 9.27. The van der Waals surface area contributed by atoms with E-state index in [1.165, 1.54) is 25.2 Å². The normalized spacial score (nSPS) is 25.9. The van der Waals surface area contributed by atoms with Crippen molar-refractivity contribution in [2.45, 2.75) is 38.0 Å². The summed E-state index contributed by atoms with van der Waals surface area (Å²) in [5.74, 6) is 0. The predicted octanol–water partition coefficient (Wildman–Crippen LogP) is 2.42. The number of rotatable bonds is 1. The maximum atomic E-state index is 2.57. The second kappa shape index (κ2) is 3.28. The molecule has 0 amide bonds. The van der Waals surface area contributed by atoms with E-state index in [9.17, 15) is 0 Å². The fourth-order valence-electron chi connectivity index (χ4n) is 1.71. The maximum absolute atomic E-state index is 2.57. The molecule has 0 bridgehead atoms. The van der Waals surface area contributed by atoms with Gasteiger partial charge in [0.1, 0.15) is 0 Å². The Morgan fingerprint density at radius 2 is 1.64 bits per heavy atom. The van der Waals surface area contributed by atoms with Gasteiger partial charge in [-0.3, -0.25) is 0 Å². The van der Waals surface area contributed by atoms with Crippen molar-refractivity contribution in [2.24, 2.45) is 0 Å². The third kappa shape index (κ3) is 2.06. The van der Waals surface area contributed by atoms with Crippen molar-refractivity contribution in [3.63, 3.8) is 0 Å². The average molecular weight is 171 g/mol. The van der Waals surface area contributed by atoms with E-state index in [1.54, 1.807) is 0 Å². The lowest BCUT2D eigenvalue weighted by Gasteiger charge is -2.39. The van der Waals surface area contributed by atoms with Crippen LogP contribution in [0.4, 0.5) is 0 Å². The van der Waals surface area contributed by atoms with E-state index in [4.69, 9.17) is 0 Å². The van der Waals surface area contributed by atoms with Crippen LogP contribution in [0.1, 0.15) is 13.8 Å². The molecule has 0 unspecified atom stereocenters. The Morgan fingerprint density at radius 3 is 2.00 bits per heavy atom. The van der Waals surface area contributed by atoms with Crippen molar-refractivity contribution in [2.75, 3.05) is 20.1 Å². The van der Waals surface area contributed by atoms with E-state index in [0.29, 0.717) is 0 Å². The molecule has 0 atom stereocenters. The standard InChI is InChI=1S/C9H21NSi/c1-9(2)11(4)7-5-10(3)6-8-11/h9H,5-8H2,1-4H3. The third-order valence-corrected chi connectivity index (χ3v) is 9.04. The van der Waals surface area contributed by atoms with Gasteiger partial charge in [0.25, 0.3) is 0 Å². The largest absolute Gasteiger partial charge is 0.307 e. The Morgan fingerprint density at radius 1 is 1.18 bits per heavy atom. The summed E-state index contributed by atoms with van der Waals surface area (Å²) in [4.78, 5) is 2.47. The molecular weight excluding hydrogens is 150 g/mol. The summed E-state index contributed by atoms with van der Waals surface area (Å²) in [5.41, 5.74) is 0.983. The molecule has 1 nitrogen and oxygen atoms in total. The molecular formula is C9H21NSi. The second-order valence-electron chi connectivity index (χ2n) is 4.61. The molecule has 0 aromatic heterocycles. The molecule has 11 heavy (non-hydrogen) atoms. The molecule has 0 N–H and O–H groups in total. The number of hydrogen-bond donors (Lipinski definition) is 0. The highest BCUT2D eigenvalue weighted by atomic mass is 28.3. The monoisotopic (exact) mass is 171 g/mol. The Balaban J connectivity index is 2.48. The first-order valence-corrected chi connectivity index (χ1v) is 7.72. The minimum absolute atomic E-state index is 0.797. The van der Waals surface area contributed by atoms with Crippen molar-refractivity contribution in [1.29, 1.82) is 0 Å². The van der Waals surface area contributed by atoms with E-state index in [-0.39, 0.29) is 0 Å². The second-order valence-corrected chi connectivity index (χ2v) is 10.1. The van der Waals surface area contributed by atoms with Crippen LogP contribution in [0, 0.1) is 0 Å². The van der Waals surface area contributed by atoms with E-state index < -0.39 is 8.07 Å². The summed E-state index contributed by atoms with van der Waals surface area (Å²) in [6.07, 6.45) is 0. The Kier molecular flexibility index (Phi) is 2.76. The molecule has 0 spiro atoms. The first-order chi connectivity index (χ1) is 5.04. The highest BCUT2D eigenvalue weighted by Gasteiger charge is 2.33. The van der Waals surface area contributed by atoms with E-state index in [0.717, 1.165) is 5.54 Å². The smallest absolute Gasteiger partial charge is 0.0555 e. The van der Waals surface area contributed by atoms with Crippen molar-refractivity contribution in [3.05, 3.63) is 0 Å². The zero-order valence-electron chi connectivity index (χ0n) is 8.35. The van der Waals surface area contributed by atoms with Crippen LogP contribution in [0.15, 0.2) is 0 Å². The Labute approximate surface area is 71.8 Å². The van der Waals surface area contributed by atoms with Gasteiger partial charge in [-0.2, -0.15) is 0 Å². The first-order valence-electron chi connectivity index (χ1n) is 4.73. The Bertz CT molecular complexity index is 126. The summed E-state index contributed by atoms with van der Waals surface area (Å²) in [7, 11) is 1.45. The molecule has 1 aliphatic rings. The van der Waals surface area contributed by atoms with Gasteiger partial charge in [0, 0.05) is 0 Å². The van der Waals surface area contributed by atoms with Crippen LogP contribution in [0.5, 0.6) is 0 Å². The van der Waals surface area contributed by atoms with Gasteiger partial charge in [-0.05, 0) is 32.2 Å². The summed E-state index contributed by atoms with van der Waals surface area (Å²) >= 11 is 0. The topological polar surface area (TPSA) is 3.24 Å². The van der Waals surface area contributed by atoms with E-state index >= 15 is 0 Å². The predicted molar refractivity (Wildman–Crippen MR) is 53.8 cm³/mol. The van der Waals surface area contributed by atoms with Gasteiger partial charge in [-0.1, -0.05) is 25.9 Å². The summed E-state index contributed by atoms with van der Waals surface area (Å²) in [6, 6.07) is 3.03. The molecule has 66 valence electrons. The van der Waals surface area contributed by atoms with Crippen LogP contribution >= 0.6 is 0 Å². The fourth-order valence-corrected chi connectivity index (χ4v) is 4.90. The molecule has 0 saturated carbocycles. The average Bonchev–Trinajstić information content (AvgIpc) is 1.95. The van der Waals surface area contributed by atoms with E-state index in [2.05, 4.69) is 32.3 Å². The lowest BCUT2D eigenvalue weighted by atomic mass is 10.5. The van der Waals surface area contributed by atoms with Crippen LogP contribution in [0.25, 0.3) is 0 Å². The summed E-state index contributed by atoms with van der Waals surface area (Å²) in [5, 5.41) is 0. The molecule has 0 aromatic carbocycles. The zero-order chi connectivity index (χ0) is 8.48. The highest BCUT2D eigenvalue weighted by Crippen LogP contribution is 2.31. The minimum Gasteiger partial charge on any atom is -0.307 e. The zero-order valence-corrected chi connectivity index (χ0v) is 9.35. The van der Waals surface area contributed by atoms with Crippen LogP contribution in [-0.2, 0) is 0 Å². The highest BCUT2D eigenvalue weighted by molar-refractivity contribution is 6.80.